The standard InChI is InChI=1S/C22H26N2O9S/c1-12-7-19(30-4)16(8-15-5-6-18-20(9-15)33-11-32-18)13(2)21(12)34(28,29)24-17(22(26)23-27)10-31-14(3)25/h5-7,9,17,24,27H,8,10-11H2,1-4H3,(H,23,26)/t17-/m1/s1. The predicted octanol–water partition coefficient (Wildman–Crippen LogP) is 1.35. The van der Waals surface area contributed by atoms with Gasteiger partial charge in [-0.1, -0.05) is 6.07 Å². The Kier molecular flexibility index (Phi) is 7.64. The number of ether oxygens (including phenoxy) is 4. The number of carbonyl (C=O) groups is 2. The molecule has 0 saturated heterocycles. The summed E-state index contributed by atoms with van der Waals surface area (Å²) in [5.74, 6) is -0.0629. The topological polar surface area (TPSA) is 149 Å². The average molecular weight is 495 g/mol. The molecular formula is C22H26N2O9S. The van der Waals surface area contributed by atoms with Gasteiger partial charge in [-0.3, -0.25) is 14.8 Å². The highest BCUT2D eigenvalue weighted by atomic mass is 32.2. The molecule has 34 heavy (non-hydrogen) atoms. The van der Waals surface area contributed by atoms with Gasteiger partial charge in [-0.15, -0.1) is 0 Å². The molecule has 0 spiro atoms. The molecule has 0 fully saturated rings. The van der Waals surface area contributed by atoms with Gasteiger partial charge in [-0.25, -0.2) is 13.9 Å². The van der Waals surface area contributed by atoms with Crippen molar-refractivity contribution in [3.63, 3.8) is 0 Å². The van der Waals surface area contributed by atoms with E-state index in [1.54, 1.807) is 26.0 Å². The van der Waals surface area contributed by atoms with Crippen molar-refractivity contribution in [2.45, 2.75) is 38.1 Å². The van der Waals surface area contributed by atoms with Gasteiger partial charge in [0.2, 0.25) is 16.8 Å². The lowest BCUT2D eigenvalue weighted by atomic mass is 9.97. The normalized spacial score (nSPS) is 13.3. The summed E-state index contributed by atoms with van der Waals surface area (Å²) in [4.78, 5) is 23.1. The summed E-state index contributed by atoms with van der Waals surface area (Å²) in [6.07, 6.45) is 0.336. The van der Waals surface area contributed by atoms with Crippen molar-refractivity contribution in [2.24, 2.45) is 0 Å². The molecule has 0 radical (unpaired) electrons. The lowest BCUT2D eigenvalue weighted by Crippen LogP contribution is -2.49. The molecule has 11 nitrogen and oxygen atoms in total. The Balaban J connectivity index is 2.00. The molecule has 1 heterocycles. The molecule has 2 aromatic carbocycles. The Labute approximate surface area is 197 Å². The van der Waals surface area contributed by atoms with Gasteiger partial charge in [0.05, 0.1) is 12.0 Å². The van der Waals surface area contributed by atoms with Gasteiger partial charge in [-0.2, -0.15) is 4.72 Å². The van der Waals surface area contributed by atoms with Crippen LogP contribution in [0.5, 0.6) is 17.2 Å². The van der Waals surface area contributed by atoms with Crippen molar-refractivity contribution in [1.29, 1.82) is 0 Å². The molecule has 12 heteroatoms. The number of carbonyl (C=O) groups excluding carboxylic acids is 2. The quantitative estimate of drug-likeness (QED) is 0.267. The Morgan fingerprint density at radius 3 is 2.53 bits per heavy atom. The van der Waals surface area contributed by atoms with Crippen LogP contribution in [0.25, 0.3) is 0 Å². The predicted molar refractivity (Wildman–Crippen MR) is 119 cm³/mol. The zero-order valence-electron chi connectivity index (χ0n) is 19.1. The van der Waals surface area contributed by atoms with Crippen LogP contribution in [0, 0.1) is 13.8 Å². The smallest absolute Gasteiger partial charge is 0.302 e. The number of fused-ring (bicyclic) bond motifs is 1. The second-order valence-electron chi connectivity index (χ2n) is 7.65. The zero-order chi connectivity index (χ0) is 25.0. The molecule has 184 valence electrons. The zero-order valence-corrected chi connectivity index (χ0v) is 19.9. The van der Waals surface area contributed by atoms with E-state index in [2.05, 4.69) is 4.72 Å². The number of aryl methyl sites for hydroxylation is 1. The third kappa shape index (κ3) is 5.41. The lowest BCUT2D eigenvalue weighted by Gasteiger charge is -2.21. The van der Waals surface area contributed by atoms with E-state index in [1.807, 2.05) is 12.1 Å². The second kappa shape index (κ2) is 10.3. The number of hydroxylamine groups is 1. The maximum Gasteiger partial charge on any atom is 0.302 e. The van der Waals surface area contributed by atoms with Crippen LogP contribution in [0.4, 0.5) is 0 Å². The first-order valence-corrected chi connectivity index (χ1v) is 11.7. The maximum absolute atomic E-state index is 13.3. The number of methoxy groups -OCH3 is 1. The van der Waals surface area contributed by atoms with Gasteiger partial charge in [0.1, 0.15) is 18.4 Å². The fourth-order valence-corrected chi connectivity index (χ4v) is 5.40. The number of amides is 1. The van der Waals surface area contributed by atoms with Crippen molar-refractivity contribution in [3.05, 3.63) is 46.5 Å². The van der Waals surface area contributed by atoms with Crippen LogP contribution < -0.4 is 24.4 Å². The minimum Gasteiger partial charge on any atom is -0.496 e. The van der Waals surface area contributed by atoms with Crippen molar-refractivity contribution >= 4 is 21.9 Å². The third-order valence-corrected chi connectivity index (χ3v) is 7.04. The summed E-state index contributed by atoms with van der Waals surface area (Å²) in [6.45, 7) is 3.89. The largest absolute Gasteiger partial charge is 0.496 e. The monoisotopic (exact) mass is 494 g/mol. The fourth-order valence-electron chi connectivity index (χ4n) is 3.73. The minimum atomic E-state index is -4.29. The van der Waals surface area contributed by atoms with Gasteiger partial charge in [-0.05, 0) is 48.7 Å². The van der Waals surface area contributed by atoms with Crippen LogP contribution in [0.3, 0.4) is 0 Å². The van der Waals surface area contributed by atoms with Crippen molar-refractivity contribution in [2.75, 3.05) is 20.5 Å². The number of esters is 1. The maximum atomic E-state index is 13.3. The first-order chi connectivity index (χ1) is 16.1. The Morgan fingerprint density at radius 2 is 1.88 bits per heavy atom. The van der Waals surface area contributed by atoms with Crippen LogP contribution in [0.2, 0.25) is 0 Å². The van der Waals surface area contributed by atoms with E-state index in [1.165, 1.54) is 12.6 Å². The van der Waals surface area contributed by atoms with E-state index in [-0.39, 0.29) is 11.7 Å². The van der Waals surface area contributed by atoms with E-state index < -0.39 is 34.5 Å². The van der Waals surface area contributed by atoms with Crippen LogP contribution in [0.15, 0.2) is 29.2 Å². The van der Waals surface area contributed by atoms with Gasteiger partial charge in [0.15, 0.2) is 11.5 Å². The number of hydrogen-bond donors (Lipinski definition) is 3. The number of nitrogens with one attached hydrogen (secondary N) is 2. The molecule has 0 aromatic heterocycles. The van der Waals surface area contributed by atoms with Crippen LogP contribution >= 0.6 is 0 Å². The first kappa shape index (κ1) is 25.3. The third-order valence-electron chi connectivity index (χ3n) is 5.28. The highest BCUT2D eigenvalue weighted by Crippen LogP contribution is 2.36. The van der Waals surface area contributed by atoms with E-state index >= 15 is 0 Å². The van der Waals surface area contributed by atoms with Crippen molar-refractivity contribution in [1.82, 2.24) is 10.2 Å². The van der Waals surface area contributed by atoms with Crippen molar-refractivity contribution < 1.29 is 42.2 Å². The highest BCUT2D eigenvalue weighted by Gasteiger charge is 2.30. The van der Waals surface area contributed by atoms with Gasteiger partial charge < -0.3 is 18.9 Å². The van der Waals surface area contributed by atoms with Gasteiger partial charge in [0.25, 0.3) is 5.91 Å². The summed E-state index contributed by atoms with van der Waals surface area (Å²) in [5.41, 5.74) is 3.64. The second-order valence-corrected chi connectivity index (χ2v) is 9.30. The molecular weight excluding hydrogens is 468 g/mol. The Morgan fingerprint density at radius 1 is 1.18 bits per heavy atom. The van der Waals surface area contributed by atoms with E-state index in [0.717, 1.165) is 12.5 Å². The summed E-state index contributed by atoms with van der Waals surface area (Å²) in [7, 11) is -2.80. The number of benzene rings is 2. The molecule has 0 bridgehead atoms. The SMILES string of the molecule is COc1cc(C)c(S(=O)(=O)N[C@H](COC(C)=O)C(=O)NO)c(C)c1Cc1ccc2c(c1)OCO2. The Hall–Kier alpha value is -3.35. The van der Waals surface area contributed by atoms with E-state index in [0.29, 0.717) is 40.4 Å². The summed E-state index contributed by atoms with van der Waals surface area (Å²) in [5, 5.41) is 8.98. The molecule has 0 unspecified atom stereocenters. The number of sulfonamides is 1. The average Bonchev–Trinajstić information content (AvgIpc) is 3.25. The summed E-state index contributed by atoms with van der Waals surface area (Å²) < 4.78 is 49.9. The minimum absolute atomic E-state index is 0.0531. The molecule has 1 aliphatic rings. The van der Waals surface area contributed by atoms with Crippen molar-refractivity contribution in [3.8, 4) is 17.2 Å². The first-order valence-electron chi connectivity index (χ1n) is 10.2. The summed E-state index contributed by atoms with van der Waals surface area (Å²) >= 11 is 0. The van der Waals surface area contributed by atoms with Gasteiger partial charge in [0, 0.05) is 18.9 Å². The molecule has 3 N–H and O–H groups in total. The van der Waals surface area contributed by atoms with Crippen LogP contribution in [-0.4, -0.2) is 52.1 Å². The number of hydrogen-bond acceptors (Lipinski definition) is 9. The highest BCUT2D eigenvalue weighted by molar-refractivity contribution is 7.89. The Bertz CT molecular complexity index is 1210. The van der Waals surface area contributed by atoms with E-state index in [9.17, 15) is 18.0 Å². The number of rotatable bonds is 9. The van der Waals surface area contributed by atoms with E-state index in [4.69, 9.17) is 24.2 Å². The molecule has 1 aliphatic heterocycles. The van der Waals surface area contributed by atoms with Crippen LogP contribution in [0.1, 0.15) is 29.2 Å². The molecule has 1 atom stereocenters. The molecule has 0 saturated carbocycles. The summed E-state index contributed by atoms with van der Waals surface area (Å²) in [6, 6.07) is 5.49. The molecule has 3 rings (SSSR count). The van der Waals surface area contributed by atoms with Gasteiger partial charge >= 0.3 is 5.97 Å². The van der Waals surface area contributed by atoms with Crippen LogP contribution in [-0.2, 0) is 30.8 Å². The lowest BCUT2D eigenvalue weighted by molar-refractivity contribution is -0.143. The molecule has 0 aliphatic carbocycles. The fraction of sp³-hybridized carbons (Fsp3) is 0.364. The molecule has 1 amide bonds. The molecule has 2 aromatic rings.